The van der Waals surface area contributed by atoms with E-state index in [1.54, 1.807) is 13.8 Å². The second-order valence-electron chi connectivity index (χ2n) is 10.8. The van der Waals surface area contributed by atoms with Crippen LogP contribution in [0.1, 0.15) is 55.6 Å². The van der Waals surface area contributed by atoms with Crippen LogP contribution < -0.4 is 10.2 Å². The molecular formula is C31H38F2N4O4. The zero-order valence-electron chi connectivity index (χ0n) is 24.1. The van der Waals surface area contributed by atoms with Crippen molar-refractivity contribution in [3.63, 3.8) is 0 Å². The van der Waals surface area contributed by atoms with Crippen LogP contribution in [0.15, 0.2) is 53.7 Å². The first-order valence-corrected chi connectivity index (χ1v) is 14.0. The lowest BCUT2D eigenvalue weighted by atomic mass is 9.93. The highest BCUT2D eigenvalue weighted by molar-refractivity contribution is 5.99. The minimum atomic E-state index is -1.05. The van der Waals surface area contributed by atoms with Crippen molar-refractivity contribution in [2.24, 2.45) is 5.92 Å². The van der Waals surface area contributed by atoms with Gasteiger partial charge in [-0.2, -0.15) is 0 Å². The molecule has 4 rings (SSSR count). The summed E-state index contributed by atoms with van der Waals surface area (Å²) in [4.78, 5) is 43.9. The van der Waals surface area contributed by atoms with Gasteiger partial charge in [0.25, 0.3) is 0 Å². The van der Waals surface area contributed by atoms with Crippen molar-refractivity contribution in [2.45, 2.75) is 39.7 Å². The largest absolute Gasteiger partial charge is 0.466 e. The van der Waals surface area contributed by atoms with E-state index in [2.05, 4.69) is 22.0 Å². The van der Waals surface area contributed by atoms with Crippen LogP contribution in [0.3, 0.4) is 0 Å². The van der Waals surface area contributed by atoms with E-state index in [0.29, 0.717) is 30.1 Å². The van der Waals surface area contributed by atoms with Gasteiger partial charge in [0.05, 0.1) is 18.7 Å². The molecule has 0 bridgehead atoms. The van der Waals surface area contributed by atoms with Gasteiger partial charge in [0, 0.05) is 56.2 Å². The fourth-order valence-corrected chi connectivity index (χ4v) is 5.77. The highest BCUT2D eigenvalue weighted by Gasteiger charge is 2.38. The minimum absolute atomic E-state index is 0.0650. The summed E-state index contributed by atoms with van der Waals surface area (Å²) in [7, 11) is 1.25. The maximum Gasteiger partial charge on any atom is 0.337 e. The molecule has 0 aliphatic carbocycles. The van der Waals surface area contributed by atoms with Crippen LogP contribution in [0.5, 0.6) is 0 Å². The van der Waals surface area contributed by atoms with E-state index in [-0.39, 0.29) is 11.4 Å². The maximum absolute atomic E-state index is 14.2. The molecule has 1 saturated heterocycles. The molecule has 8 nitrogen and oxygen atoms in total. The summed E-state index contributed by atoms with van der Waals surface area (Å²) in [6.07, 6.45) is 1.49. The summed E-state index contributed by atoms with van der Waals surface area (Å²) in [6.45, 7) is 10.0. The summed E-state index contributed by atoms with van der Waals surface area (Å²) in [5.41, 5.74) is 2.55. The van der Waals surface area contributed by atoms with E-state index >= 15 is 0 Å². The van der Waals surface area contributed by atoms with Crippen LogP contribution in [-0.2, 0) is 9.53 Å². The van der Waals surface area contributed by atoms with Crippen molar-refractivity contribution in [2.75, 3.05) is 51.3 Å². The third kappa shape index (κ3) is 6.93. The number of hydrogen-bond donors (Lipinski definition) is 1. The molecule has 0 spiro atoms. The van der Waals surface area contributed by atoms with E-state index in [4.69, 9.17) is 4.74 Å². The second kappa shape index (κ2) is 13.2. The van der Waals surface area contributed by atoms with Crippen molar-refractivity contribution in [3.05, 3.63) is 76.5 Å². The van der Waals surface area contributed by atoms with Crippen LogP contribution in [0.4, 0.5) is 19.3 Å². The molecule has 1 unspecified atom stereocenters. The molecule has 2 atom stereocenters. The number of nitrogens with zero attached hydrogens (tertiary/aromatic N) is 3. The number of hydrogen-bond acceptors (Lipinski definition) is 6. The van der Waals surface area contributed by atoms with Crippen LogP contribution in [0.25, 0.3) is 0 Å². The highest BCUT2D eigenvalue weighted by Crippen LogP contribution is 2.35. The van der Waals surface area contributed by atoms with Gasteiger partial charge in [0.2, 0.25) is 0 Å². The van der Waals surface area contributed by atoms with Gasteiger partial charge in [-0.05, 0) is 62.4 Å². The first-order chi connectivity index (χ1) is 19.6. The summed E-state index contributed by atoms with van der Waals surface area (Å²) >= 11 is 0. The normalized spacial score (nSPS) is 18.8. The number of nitrogens with one attached hydrogen (secondary N) is 1. The number of benzene rings is 2. The van der Waals surface area contributed by atoms with E-state index in [9.17, 15) is 23.2 Å². The number of amides is 2. The number of ether oxygens (including phenoxy) is 1. The minimum Gasteiger partial charge on any atom is -0.466 e. The Hall–Kier alpha value is -3.79. The van der Waals surface area contributed by atoms with Gasteiger partial charge in [-0.3, -0.25) is 9.69 Å². The molecular weight excluding hydrogens is 530 g/mol. The first-order valence-electron chi connectivity index (χ1n) is 14.0. The topological polar surface area (TPSA) is 82.2 Å². The molecule has 2 aromatic carbocycles. The average molecular weight is 569 g/mol. The molecule has 41 heavy (non-hydrogen) atoms. The third-order valence-electron chi connectivity index (χ3n) is 7.87. The van der Waals surface area contributed by atoms with Crippen molar-refractivity contribution >= 4 is 23.5 Å². The van der Waals surface area contributed by atoms with Gasteiger partial charge in [0.15, 0.2) is 17.4 Å². The summed E-state index contributed by atoms with van der Waals surface area (Å²) in [6, 6.07) is 9.84. The molecule has 1 fully saturated rings. The lowest BCUT2D eigenvalue weighted by Gasteiger charge is -2.39. The molecule has 2 amide bonds. The molecule has 10 heteroatoms. The van der Waals surface area contributed by atoms with Gasteiger partial charge in [-0.25, -0.2) is 18.4 Å². The molecule has 0 saturated carbocycles. The lowest BCUT2D eigenvalue weighted by molar-refractivity contribution is -0.137. The number of carbonyl (C=O) groups is 3. The van der Waals surface area contributed by atoms with Crippen molar-refractivity contribution < 1.29 is 27.9 Å². The van der Waals surface area contributed by atoms with Crippen LogP contribution in [0.2, 0.25) is 0 Å². The van der Waals surface area contributed by atoms with Crippen molar-refractivity contribution in [1.82, 2.24) is 15.1 Å². The third-order valence-corrected chi connectivity index (χ3v) is 7.87. The molecule has 2 heterocycles. The Balaban J connectivity index is 1.36. The number of carbonyl (C=O) groups excluding carboxylic acids is 3. The number of piperazine rings is 1. The first kappa shape index (κ1) is 30.2. The molecule has 1 N–H and O–H groups in total. The Morgan fingerprint density at radius 2 is 1.78 bits per heavy atom. The SMILES string of the molecule is COC(=O)C1=C(C)NC(=O)N(CCC[C@H](C)CN2CCN(c3ccccc3C(C)=O)CC2)C1c1ccc(F)c(F)c1. The number of allylic oxidation sites excluding steroid dienone is 1. The Morgan fingerprint density at radius 3 is 2.44 bits per heavy atom. The van der Waals surface area contributed by atoms with E-state index in [1.165, 1.54) is 18.1 Å². The zero-order valence-corrected chi connectivity index (χ0v) is 24.1. The molecule has 2 aliphatic heterocycles. The van der Waals surface area contributed by atoms with Crippen molar-refractivity contribution in [3.8, 4) is 0 Å². The van der Waals surface area contributed by atoms with Gasteiger partial charge in [-0.1, -0.05) is 25.1 Å². The number of esters is 1. The van der Waals surface area contributed by atoms with E-state index < -0.39 is 29.7 Å². The predicted octanol–water partition coefficient (Wildman–Crippen LogP) is 4.92. The molecule has 220 valence electrons. The average Bonchev–Trinajstić information content (AvgIpc) is 2.95. The number of rotatable bonds is 10. The Labute approximate surface area is 239 Å². The number of anilines is 1. The number of Topliss-reactive ketones (excluding diaryl/α,β-unsaturated/α-hetero) is 1. The zero-order chi connectivity index (χ0) is 29.7. The van der Waals surface area contributed by atoms with Gasteiger partial charge >= 0.3 is 12.0 Å². The van der Waals surface area contributed by atoms with E-state index in [1.807, 2.05) is 24.3 Å². The quantitative estimate of drug-likeness (QED) is 0.324. The fourth-order valence-electron chi connectivity index (χ4n) is 5.77. The lowest BCUT2D eigenvalue weighted by Crippen LogP contribution is -2.49. The van der Waals surface area contributed by atoms with Crippen molar-refractivity contribution in [1.29, 1.82) is 0 Å². The van der Waals surface area contributed by atoms with Crippen LogP contribution in [-0.4, -0.2) is 74.0 Å². The number of para-hydroxylation sites is 1. The van der Waals surface area contributed by atoms with E-state index in [0.717, 1.165) is 62.5 Å². The molecule has 0 radical (unpaired) electrons. The Kier molecular flexibility index (Phi) is 9.75. The monoisotopic (exact) mass is 568 g/mol. The predicted molar refractivity (Wildman–Crippen MR) is 153 cm³/mol. The second-order valence-corrected chi connectivity index (χ2v) is 10.8. The van der Waals surface area contributed by atoms with Crippen LogP contribution in [0, 0.1) is 17.6 Å². The van der Waals surface area contributed by atoms with Crippen LogP contribution >= 0.6 is 0 Å². The smallest absolute Gasteiger partial charge is 0.337 e. The maximum atomic E-state index is 14.2. The summed E-state index contributed by atoms with van der Waals surface area (Å²) in [5.74, 6) is -2.28. The standard InChI is InChI=1S/C31H38F2N4O4/c1-20(19-35-14-16-36(17-15-35)27-10-6-5-9-24(27)22(3)38)8-7-13-37-29(23-11-12-25(32)26(33)18-23)28(30(39)41-4)21(2)34-31(37)40/h5-6,9-12,18,20,29H,7-8,13-17,19H2,1-4H3,(H,34,40)/t20-,29?/m0/s1. The Bertz CT molecular complexity index is 1320. The number of urea groups is 1. The molecule has 0 aromatic heterocycles. The molecule has 2 aliphatic rings. The van der Waals surface area contributed by atoms with Gasteiger partial charge in [-0.15, -0.1) is 0 Å². The Morgan fingerprint density at radius 1 is 1.07 bits per heavy atom. The van der Waals surface area contributed by atoms with Gasteiger partial charge in [0.1, 0.15) is 0 Å². The number of ketones is 1. The highest BCUT2D eigenvalue weighted by atomic mass is 19.2. The number of halogens is 2. The fraction of sp³-hybridized carbons (Fsp3) is 0.452. The summed E-state index contributed by atoms with van der Waals surface area (Å²) in [5, 5.41) is 2.72. The molecule has 2 aromatic rings. The summed E-state index contributed by atoms with van der Waals surface area (Å²) < 4.78 is 32.8. The van der Waals surface area contributed by atoms with Gasteiger partial charge < -0.3 is 19.9 Å². The number of methoxy groups -OCH3 is 1.